The summed E-state index contributed by atoms with van der Waals surface area (Å²) in [5.41, 5.74) is 0.475. The van der Waals surface area contributed by atoms with Crippen LogP contribution in [0.3, 0.4) is 0 Å². The zero-order chi connectivity index (χ0) is 23.3. The van der Waals surface area contributed by atoms with Gasteiger partial charge in [0.25, 0.3) is 11.4 Å². The lowest BCUT2D eigenvalue weighted by Gasteiger charge is -2.08. The molecule has 0 bridgehead atoms. The van der Waals surface area contributed by atoms with Crippen LogP contribution in [-0.2, 0) is 0 Å². The zero-order valence-corrected chi connectivity index (χ0v) is 17.2. The van der Waals surface area contributed by atoms with Crippen LogP contribution in [0.5, 0.6) is 0 Å². The summed E-state index contributed by atoms with van der Waals surface area (Å²) in [6.07, 6.45) is 3.15. The number of benzene rings is 2. The molecule has 0 spiro atoms. The third-order valence-corrected chi connectivity index (χ3v) is 4.30. The summed E-state index contributed by atoms with van der Waals surface area (Å²) in [6.45, 7) is 0.892. The van der Waals surface area contributed by atoms with Crippen LogP contribution in [0.2, 0.25) is 0 Å². The summed E-state index contributed by atoms with van der Waals surface area (Å²) in [5.74, 6) is 0. The first-order valence-corrected chi connectivity index (χ1v) is 9.94. The van der Waals surface area contributed by atoms with E-state index in [0.717, 1.165) is 25.7 Å². The van der Waals surface area contributed by atoms with Crippen LogP contribution >= 0.6 is 0 Å². The van der Waals surface area contributed by atoms with Crippen molar-refractivity contribution in [3.63, 3.8) is 0 Å². The SMILES string of the molecule is O=C(NCCCCCCNC(=O)Nc1cccc([N+](=O)[O-])c1)Nc1cccc([N+](=O)[O-])c1. The molecule has 12 heteroatoms. The predicted octanol–water partition coefficient (Wildman–Crippen LogP) is 4.01. The molecule has 0 aromatic heterocycles. The molecule has 2 aromatic carbocycles. The lowest BCUT2D eigenvalue weighted by Crippen LogP contribution is -2.30. The Balaban J connectivity index is 1.53. The van der Waals surface area contributed by atoms with E-state index in [4.69, 9.17) is 0 Å². The van der Waals surface area contributed by atoms with Crippen LogP contribution < -0.4 is 21.3 Å². The number of anilines is 2. The molecule has 2 rings (SSSR count). The highest BCUT2D eigenvalue weighted by molar-refractivity contribution is 5.90. The van der Waals surface area contributed by atoms with Crippen molar-refractivity contribution in [2.45, 2.75) is 25.7 Å². The number of urea groups is 2. The van der Waals surface area contributed by atoms with Gasteiger partial charge in [0.15, 0.2) is 0 Å². The van der Waals surface area contributed by atoms with Gasteiger partial charge in [0, 0.05) is 48.7 Å². The van der Waals surface area contributed by atoms with E-state index in [1.54, 1.807) is 12.1 Å². The number of nitro groups is 2. The summed E-state index contributed by atoms with van der Waals surface area (Å²) < 4.78 is 0. The number of amides is 4. The second-order valence-electron chi connectivity index (χ2n) is 6.79. The van der Waals surface area contributed by atoms with Gasteiger partial charge in [-0.1, -0.05) is 25.0 Å². The molecule has 2 aromatic rings. The number of non-ortho nitro benzene ring substituents is 2. The number of hydrogen-bond donors (Lipinski definition) is 4. The Kier molecular flexibility index (Phi) is 9.37. The molecule has 0 unspecified atom stereocenters. The maximum absolute atomic E-state index is 11.8. The molecule has 0 aliphatic carbocycles. The standard InChI is InChI=1S/C20H24N6O6/c27-19(23-15-7-5-9-17(13-15)25(29)30)21-11-3-1-2-4-12-22-20(28)24-16-8-6-10-18(14-16)26(31)32/h5-10,13-14H,1-4,11-12H2,(H2,21,23,27)(H2,22,24,28). The van der Waals surface area contributed by atoms with Crippen molar-refractivity contribution in [1.82, 2.24) is 10.6 Å². The summed E-state index contributed by atoms with van der Waals surface area (Å²) >= 11 is 0. The van der Waals surface area contributed by atoms with Crippen LogP contribution in [0.1, 0.15) is 25.7 Å². The minimum absolute atomic E-state index is 0.102. The molecule has 4 N–H and O–H groups in total. The number of carbonyl (C=O) groups excluding carboxylic acids is 2. The van der Waals surface area contributed by atoms with Gasteiger partial charge in [0.1, 0.15) is 0 Å². The molecule has 0 aliphatic heterocycles. The van der Waals surface area contributed by atoms with E-state index in [-0.39, 0.29) is 11.4 Å². The molecule has 4 amide bonds. The number of unbranched alkanes of at least 4 members (excludes halogenated alkanes) is 3. The first-order chi connectivity index (χ1) is 15.3. The van der Waals surface area contributed by atoms with Gasteiger partial charge in [-0.3, -0.25) is 20.2 Å². The highest BCUT2D eigenvalue weighted by Crippen LogP contribution is 2.17. The first kappa shape index (κ1) is 24.1. The van der Waals surface area contributed by atoms with Gasteiger partial charge >= 0.3 is 12.1 Å². The quantitative estimate of drug-likeness (QED) is 0.232. The van der Waals surface area contributed by atoms with Gasteiger partial charge in [-0.15, -0.1) is 0 Å². The van der Waals surface area contributed by atoms with Crippen LogP contribution in [0, 0.1) is 20.2 Å². The molecular weight excluding hydrogens is 420 g/mol. The average Bonchev–Trinajstić information content (AvgIpc) is 2.75. The highest BCUT2D eigenvalue weighted by Gasteiger charge is 2.09. The minimum atomic E-state index is -0.532. The molecule has 170 valence electrons. The number of carbonyl (C=O) groups is 2. The fraction of sp³-hybridized carbons (Fsp3) is 0.300. The normalized spacial score (nSPS) is 10.1. The lowest BCUT2D eigenvalue weighted by molar-refractivity contribution is -0.385. The summed E-state index contributed by atoms with van der Waals surface area (Å²) in [6, 6.07) is 10.5. The Morgan fingerprint density at radius 2 is 1.09 bits per heavy atom. The van der Waals surface area contributed by atoms with Gasteiger partial charge in [0.2, 0.25) is 0 Å². The Bertz CT molecular complexity index is 890. The second-order valence-corrected chi connectivity index (χ2v) is 6.79. The van der Waals surface area contributed by atoms with Crippen molar-refractivity contribution in [3.8, 4) is 0 Å². The van der Waals surface area contributed by atoms with Crippen molar-refractivity contribution >= 4 is 34.8 Å². The third-order valence-electron chi connectivity index (χ3n) is 4.30. The molecule has 0 atom stereocenters. The van der Waals surface area contributed by atoms with Gasteiger partial charge in [-0.05, 0) is 25.0 Å². The maximum atomic E-state index is 11.8. The molecular formula is C20H24N6O6. The topological polar surface area (TPSA) is 169 Å². The molecule has 0 heterocycles. The fourth-order valence-corrected chi connectivity index (χ4v) is 2.75. The van der Waals surface area contributed by atoms with Crippen molar-refractivity contribution < 1.29 is 19.4 Å². The van der Waals surface area contributed by atoms with Crippen molar-refractivity contribution in [1.29, 1.82) is 0 Å². The van der Waals surface area contributed by atoms with Crippen LogP contribution in [0.4, 0.5) is 32.3 Å². The van der Waals surface area contributed by atoms with E-state index >= 15 is 0 Å². The molecule has 0 saturated heterocycles. The van der Waals surface area contributed by atoms with E-state index in [1.807, 2.05) is 0 Å². The number of rotatable bonds is 11. The Labute approximate surface area is 183 Å². The van der Waals surface area contributed by atoms with Gasteiger partial charge in [-0.25, -0.2) is 9.59 Å². The van der Waals surface area contributed by atoms with E-state index < -0.39 is 21.9 Å². The molecule has 0 radical (unpaired) electrons. The fourth-order valence-electron chi connectivity index (χ4n) is 2.75. The number of nitro benzene ring substituents is 2. The Morgan fingerprint density at radius 1 is 0.688 bits per heavy atom. The zero-order valence-electron chi connectivity index (χ0n) is 17.2. The van der Waals surface area contributed by atoms with Gasteiger partial charge in [-0.2, -0.15) is 0 Å². The maximum Gasteiger partial charge on any atom is 0.319 e. The monoisotopic (exact) mass is 444 g/mol. The number of nitrogens with one attached hydrogen (secondary N) is 4. The average molecular weight is 444 g/mol. The summed E-state index contributed by atoms with van der Waals surface area (Å²) in [5, 5.41) is 31.9. The Morgan fingerprint density at radius 3 is 1.47 bits per heavy atom. The third kappa shape index (κ3) is 8.65. The first-order valence-electron chi connectivity index (χ1n) is 9.94. The Hall–Kier alpha value is -4.22. The minimum Gasteiger partial charge on any atom is -0.338 e. The summed E-state index contributed by atoms with van der Waals surface area (Å²) in [4.78, 5) is 44.1. The van der Waals surface area contributed by atoms with E-state index in [2.05, 4.69) is 21.3 Å². The van der Waals surface area contributed by atoms with E-state index in [1.165, 1.54) is 36.4 Å². The van der Waals surface area contributed by atoms with Gasteiger partial charge in [0.05, 0.1) is 9.85 Å². The second kappa shape index (κ2) is 12.5. The number of hydrogen-bond acceptors (Lipinski definition) is 6. The van der Waals surface area contributed by atoms with E-state index in [0.29, 0.717) is 24.5 Å². The predicted molar refractivity (Wildman–Crippen MR) is 119 cm³/mol. The largest absolute Gasteiger partial charge is 0.338 e. The molecule has 12 nitrogen and oxygen atoms in total. The summed E-state index contributed by atoms with van der Waals surface area (Å²) in [7, 11) is 0. The van der Waals surface area contributed by atoms with Crippen LogP contribution in [-0.4, -0.2) is 35.0 Å². The van der Waals surface area contributed by atoms with Gasteiger partial charge < -0.3 is 21.3 Å². The highest BCUT2D eigenvalue weighted by atomic mass is 16.6. The molecule has 0 saturated carbocycles. The van der Waals surface area contributed by atoms with Crippen LogP contribution in [0.25, 0.3) is 0 Å². The van der Waals surface area contributed by atoms with Crippen LogP contribution in [0.15, 0.2) is 48.5 Å². The molecule has 0 aliphatic rings. The lowest BCUT2D eigenvalue weighted by atomic mass is 10.2. The van der Waals surface area contributed by atoms with Crippen molar-refractivity contribution in [2.75, 3.05) is 23.7 Å². The number of nitrogens with zero attached hydrogens (tertiary/aromatic N) is 2. The molecule has 32 heavy (non-hydrogen) atoms. The molecule has 0 fully saturated rings. The van der Waals surface area contributed by atoms with Crippen molar-refractivity contribution in [2.24, 2.45) is 0 Å². The smallest absolute Gasteiger partial charge is 0.319 e. The van der Waals surface area contributed by atoms with Crippen molar-refractivity contribution in [3.05, 3.63) is 68.8 Å². The van der Waals surface area contributed by atoms with E-state index in [9.17, 15) is 29.8 Å².